The zero-order chi connectivity index (χ0) is 14.2. The number of thioether (sulfide) groups is 1. The SMILES string of the molecule is O=C(NCCSCCCO)C1COc2ccccc2C1. The largest absolute Gasteiger partial charge is 0.492 e. The Bertz CT molecular complexity index is 439. The molecule has 1 atom stereocenters. The highest BCUT2D eigenvalue weighted by molar-refractivity contribution is 7.99. The Hall–Kier alpha value is -1.20. The summed E-state index contributed by atoms with van der Waals surface area (Å²) in [7, 11) is 0. The van der Waals surface area contributed by atoms with Gasteiger partial charge in [-0.3, -0.25) is 4.79 Å². The highest BCUT2D eigenvalue weighted by Gasteiger charge is 2.25. The van der Waals surface area contributed by atoms with Gasteiger partial charge in [-0.2, -0.15) is 11.8 Å². The van der Waals surface area contributed by atoms with E-state index in [9.17, 15) is 4.79 Å². The molecule has 1 aliphatic heterocycles. The van der Waals surface area contributed by atoms with Crippen molar-refractivity contribution in [2.75, 3.05) is 31.3 Å². The summed E-state index contributed by atoms with van der Waals surface area (Å²) in [6, 6.07) is 7.88. The molecule has 0 aromatic heterocycles. The van der Waals surface area contributed by atoms with Crippen LogP contribution in [0.2, 0.25) is 0 Å². The van der Waals surface area contributed by atoms with Gasteiger partial charge in [-0.25, -0.2) is 0 Å². The quantitative estimate of drug-likeness (QED) is 0.748. The van der Waals surface area contributed by atoms with Gasteiger partial charge in [0.1, 0.15) is 12.4 Å². The second-order valence-corrected chi connectivity index (χ2v) is 6.03. The summed E-state index contributed by atoms with van der Waals surface area (Å²) in [6.45, 7) is 1.37. The Morgan fingerprint density at radius 2 is 2.25 bits per heavy atom. The molecule has 0 spiro atoms. The van der Waals surface area contributed by atoms with Gasteiger partial charge in [0.05, 0.1) is 5.92 Å². The molecule has 1 unspecified atom stereocenters. The first-order valence-electron chi connectivity index (χ1n) is 6.98. The number of ether oxygens (including phenoxy) is 1. The normalized spacial score (nSPS) is 17.1. The highest BCUT2D eigenvalue weighted by atomic mass is 32.2. The van der Waals surface area contributed by atoms with E-state index >= 15 is 0 Å². The molecule has 110 valence electrons. The molecule has 1 heterocycles. The van der Waals surface area contributed by atoms with E-state index in [1.54, 1.807) is 11.8 Å². The van der Waals surface area contributed by atoms with E-state index in [-0.39, 0.29) is 18.4 Å². The van der Waals surface area contributed by atoms with Crippen molar-refractivity contribution in [3.8, 4) is 5.75 Å². The third-order valence-electron chi connectivity index (χ3n) is 3.24. The fourth-order valence-corrected chi connectivity index (χ4v) is 2.94. The zero-order valence-corrected chi connectivity index (χ0v) is 12.3. The fraction of sp³-hybridized carbons (Fsp3) is 0.533. The van der Waals surface area contributed by atoms with Crippen molar-refractivity contribution in [2.45, 2.75) is 12.8 Å². The van der Waals surface area contributed by atoms with E-state index < -0.39 is 0 Å². The monoisotopic (exact) mass is 295 g/mol. The summed E-state index contributed by atoms with van der Waals surface area (Å²) < 4.78 is 5.62. The maximum atomic E-state index is 12.1. The molecule has 0 saturated heterocycles. The van der Waals surface area contributed by atoms with Crippen LogP contribution in [0.3, 0.4) is 0 Å². The van der Waals surface area contributed by atoms with E-state index in [2.05, 4.69) is 5.32 Å². The average Bonchev–Trinajstić information content (AvgIpc) is 2.50. The molecule has 2 N–H and O–H groups in total. The first-order chi connectivity index (χ1) is 9.81. The molecular formula is C15H21NO3S. The van der Waals surface area contributed by atoms with E-state index in [1.807, 2.05) is 24.3 Å². The molecule has 0 bridgehead atoms. The lowest BCUT2D eigenvalue weighted by molar-refractivity contribution is -0.126. The number of aliphatic hydroxyl groups excluding tert-OH is 1. The number of hydrogen-bond donors (Lipinski definition) is 2. The second-order valence-electron chi connectivity index (χ2n) is 4.80. The molecule has 1 aromatic carbocycles. The molecule has 0 aliphatic carbocycles. The second kappa shape index (κ2) is 8.17. The van der Waals surface area contributed by atoms with E-state index in [0.29, 0.717) is 13.2 Å². The lowest BCUT2D eigenvalue weighted by Crippen LogP contribution is -2.38. The summed E-state index contributed by atoms with van der Waals surface area (Å²) in [5.74, 6) is 2.70. The van der Waals surface area contributed by atoms with Gasteiger partial charge in [0.15, 0.2) is 0 Å². The van der Waals surface area contributed by atoms with Gasteiger partial charge in [0.25, 0.3) is 0 Å². The number of benzene rings is 1. The Labute approximate surface area is 123 Å². The van der Waals surface area contributed by atoms with Gasteiger partial charge < -0.3 is 15.2 Å². The maximum Gasteiger partial charge on any atom is 0.226 e. The lowest BCUT2D eigenvalue weighted by atomic mass is 9.96. The first kappa shape index (κ1) is 15.2. The van der Waals surface area contributed by atoms with Crippen LogP contribution in [0.5, 0.6) is 5.75 Å². The van der Waals surface area contributed by atoms with Gasteiger partial charge in [-0.05, 0) is 30.2 Å². The Kier molecular flexibility index (Phi) is 6.21. The van der Waals surface area contributed by atoms with Crippen LogP contribution in [0.25, 0.3) is 0 Å². The minimum absolute atomic E-state index is 0.0715. The minimum atomic E-state index is -0.0904. The van der Waals surface area contributed by atoms with Crippen LogP contribution in [-0.4, -0.2) is 42.3 Å². The van der Waals surface area contributed by atoms with Crippen molar-refractivity contribution in [1.29, 1.82) is 0 Å². The van der Waals surface area contributed by atoms with Crippen molar-refractivity contribution < 1.29 is 14.6 Å². The average molecular weight is 295 g/mol. The summed E-state index contributed by atoms with van der Waals surface area (Å²) in [5.41, 5.74) is 1.11. The molecule has 1 aliphatic rings. The molecule has 20 heavy (non-hydrogen) atoms. The van der Waals surface area contributed by atoms with Crippen LogP contribution in [0.1, 0.15) is 12.0 Å². The topological polar surface area (TPSA) is 58.6 Å². The van der Waals surface area contributed by atoms with Crippen molar-refractivity contribution in [3.63, 3.8) is 0 Å². The first-order valence-corrected chi connectivity index (χ1v) is 8.13. The van der Waals surface area contributed by atoms with Crippen molar-refractivity contribution >= 4 is 17.7 Å². The number of carbonyl (C=O) groups excluding carboxylic acids is 1. The number of rotatable bonds is 7. The molecule has 0 saturated carbocycles. The van der Waals surface area contributed by atoms with Crippen LogP contribution >= 0.6 is 11.8 Å². The maximum absolute atomic E-state index is 12.1. The number of aliphatic hydroxyl groups is 1. The van der Waals surface area contributed by atoms with Crippen LogP contribution < -0.4 is 10.1 Å². The van der Waals surface area contributed by atoms with E-state index in [1.165, 1.54) is 0 Å². The van der Waals surface area contributed by atoms with E-state index in [0.717, 1.165) is 35.7 Å². The molecule has 4 nitrogen and oxygen atoms in total. The number of hydrogen-bond acceptors (Lipinski definition) is 4. The summed E-state index contributed by atoms with van der Waals surface area (Å²) in [6.07, 6.45) is 1.56. The predicted molar refractivity (Wildman–Crippen MR) is 81.2 cm³/mol. The van der Waals surface area contributed by atoms with Crippen LogP contribution in [0.4, 0.5) is 0 Å². The van der Waals surface area contributed by atoms with Crippen molar-refractivity contribution in [1.82, 2.24) is 5.32 Å². The number of fused-ring (bicyclic) bond motifs is 1. The summed E-state index contributed by atoms with van der Waals surface area (Å²) in [5, 5.41) is 11.6. The Balaban J connectivity index is 1.69. The molecule has 1 amide bonds. The van der Waals surface area contributed by atoms with Crippen molar-refractivity contribution in [3.05, 3.63) is 29.8 Å². The van der Waals surface area contributed by atoms with Crippen LogP contribution in [0.15, 0.2) is 24.3 Å². The predicted octanol–water partition coefficient (Wildman–Crippen LogP) is 1.47. The number of nitrogens with one attached hydrogen (secondary N) is 1. The zero-order valence-electron chi connectivity index (χ0n) is 11.5. The van der Waals surface area contributed by atoms with Crippen LogP contribution in [-0.2, 0) is 11.2 Å². The van der Waals surface area contributed by atoms with Gasteiger partial charge in [-0.1, -0.05) is 18.2 Å². The Morgan fingerprint density at radius 1 is 1.40 bits per heavy atom. The van der Waals surface area contributed by atoms with Crippen molar-refractivity contribution in [2.24, 2.45) is 5.92 Å². The third-order valence-corrected chi connectivity index (χ3v) is 4.31. The van der Waals surface area contributed by atoms with Gasteiger partial charge in [-0.15, -0.1) is 0 Å². The molecule has 0 radical (unpaired) electrons. The molecule has 1 aromatic rings. The van der Waals surface area contributed by atoms with Gasteiger partial charge in [0.2, 0.25) is 5.91 Å². The van der Waals surface area contributed by atoms with E-state index in [4.69, 9.17) is 9.84 Å². The minimum Gasteiger partial charge on any atom is -0.492 e. The van der Waals surface area contributed by atoms with Gasteiger partial charge >= 0.3 is 0 Å². The fourth-order valence-electron chi connectivity index (χ4n) is 2.16. The molecular weight excluding hydrogens is 274 g/mol. The number of para-hydroxylation sites is 1. The molecule has 0 fully saturated rings. The summed E-state index contributed by atoms with van der Waals surface area (Å²) >= 11 is 1.75. The highest BCUT2D eigenvalue weighted by Crippen LogP contribution is 2.26. The standard InChI is InChI=1S/C15H21NO3S/c17-7-3-8-20-9-6-16-15(18)13-10-12-4-1-2-5-14(12)19-11-13/h1-2,4-5,13,17H,3,6-11H2,(H,16,18). The molecule has 5 heteroatoms. The number of amides is 1. The third kappa shape index (κ3) is 4.42. The summed E-state index contributed by atoms with van der Waals surface area (Å²) in [4.78, 5) is 12.1. The van der Waals surface area contributed by atoms with Gasteiger partial charge in [0, 0.05) is 18.9 Å². The molecule has 2 rings (SSSR count). The smallest absolute Gasteiger partial charge is 0.226 e. The lowest BCUT2D eigenvalue weighted by Gasteiger charge is -2.24. The number of carbonyl (C=O) groups is 1. The van der Waals surface area contributed by atoms with Crippen LogP contribution in [0, 0.1) is 5.92 Å². The Morgan fingerprint density at radius 3 is 3.10 bits per heavy atom.